The first-order chi connectivity index (χ1) is 11.7. The van der Waals surface area contributed by atoms with Gasteiger partial charge in [0, 0.05) is 5.56 Å². The van der Waals surface area contributed by atoms with Crippen LogP contribution in [0.15, 0.2) is 53.3 Å². The van der Waals surface area contributed by atoms with Crippen molar-refractivity contribution in [1.29, 1.82) is 0 Å². The number of nitrogens with zero attached hydrogens (tertiary/aromatic N) is 3. The molecule has 0 amide bonds. The fraction of sp³-hybridized carbons (Fsp3) is 0.0588. The Kier molecular flexibility index (Phi) is 3.13. The maximum Gasteiger partial charge on any atom is 0.337 e. The lowest BCUT2D eigenvalue weighted by Crippen LogP contribution is -2.11. The number of fused-ring (bicyclic) bond motifs is 3. The van der Waals surface area contributed by atoms with Gasteiger partial charge in [-0.2, -0.15) is 10.1 Å². The monoisotopic (exact) mass is 320 g/mol. The van der Waals surface area contributed by atoms with Crippen molar-refractivity contribution in [2.45, 2.75) is 0 Å². The number of esters is 1. The highest BCUT2D eigenvalue weighted by atomic mass is 16.5. The van der Waals surface area contributed by atoms with E-state index in [4.69, 9.17) is 4.74 Å². The molecule has 4 rings (SSSR count). The van der Waals surface area contributed by atoms with E-state index < -0.39 is 5.97 Å². The summed E-state index contributed by atoms with van der Waals surface area (Å²) in [6, 6.07) is 14.1. The molecule has 0 bridgehead atoms. The van der Waals surface area contributed by atoms with E-state index in [1.807, 2.05) is 30.3 Å². The van der Waals surface area contributed by atoms with Gasteiger partial charge in [0.2, 0.25) is 0 Å². The third kappa shape index (κ3) is 2.06. The molecule has 0 aliphatic carbocycles. The Morgan fingerprint density at radius 3 is 2.71 bits per heavy atom. The van der Waals surface area contributed by atoms with Crippen molar-refractivity contribution in [2.75, 3.05) is 7.11 Å². The van der Waals surface area contributed by atoms with Gasteiger partial charge in [-0.1, -0.05) is 30.3 Å². The van der Waals surface area contributed by atoms with E-state index in [9.17, 15) is 9.59 Å². The van der Waals surface area contributed by atoms with Crippen LogP contribution in [0.3, 0.4) is 0 Å². The lowest BCUT2D eigenvalue weighted by Gasteiger charge is -2.04. The Hall–Kier alpha value is -3.48. The Bertz CT molecular complexity index is 1130. The Morgan fingerprint density at radius 2 is 1.96 bits per heavy atom. The number of hydrogen-bond donors (Lipinski definition) is 1. The molecule has 0 saturated heterocycles. The molecule has 0 saturated carbocycles. The number of aromatic amines is 1. The molecule has 7 heteroatoms. The van der Waals surface area contributed by atoms with Crippen molar-refractivity contribution in [3.63, 3.8) is 0 Å². The fourth-order valence-corrected chi connectivity index (χ4v) is 2.66. The molecule has 7 nitrogen and oxygen atoms in total. The molecule has 2 aromatic heterocycles. The number of aromatic nitrogens is 4. The third-order valence-electron chi connectivity index (χ3n) is 3.83. The van der Waals surface area contributed by atoms with Gasteiger partial charge >= 0.3 is 5.97 Å². The molecule has 0 atom stereocenters. The number of ether oxygens (including phenoxy) is 1. The van der Waals surface area contributed by atoms with Crippen molar-refractivity contribution in [3.8, 4) is 11.3 Å². The zero-order valence-corrected chi connectivity index (χ0v) is 12.7. The van der Waals surface area contributed by atoms with Crippen molar-refractivity contribution >= 4 is 22.5 Å². The minimum atomic E-state index is -0.474. The van der Waals surface area contributed by atoms with Gasteiger partial charge in [0.15, 0.2) is 5.65 Å². The van der Waals surface area contributed by atoms with Gasteiger partial charge in [0.1, 0.15) is 5.69 Å². The Labute approximate surface area is 135 Å². The fourth-order valence-electron chi connectivity index (χ4n) is 2.66. The maximum absolute atomic E-state index is 12.3. The second kappa shape index (κ2) is 5.31. The summed E-state index contributed by atoms with van der Waals surface area (Å²) in [6.45, 7) is 0. The molecule has 0 spiro atoms. The minimum absolute atomic E-state index is 0.347. The summed E-state index contributed by atoms with van der Waals surface area (Å²) >= 11 is 0. The molecule has 118 valence electrons. The summed E-state index contributed by atoms with van der Waals surface area (Å²) < 4.78 is 6.32. The highest BCUT2D eigenvalue weighted by Crippen LogP contribution is 2.22. The second-order valence-corrected chi connectivity index (χ2v) is 5.23. The maximum atomic E-state index is 12.3. The Morgan fingerprint density at radius 1 is 1.17 bits per heavy atom. The number of methoxy groups -OCH3 is 1. The van der Waals surface area contributed by atoms with Crippen LogP contribution in [0.2, 0.25) is 0 Å². The van der Waals surface area contributed by atoms with Crippen LogP contribution in [0.1, 0.15) is 10.4 Å². The van der Waals surface area contributed by atoms with E-state index in [1.54, 1.807) is 16.6 Å². The van der Waals surface area contributed by atoms with Crippen molar-refractivity contribution < 1.29 is 9.53 Å². The third-order valence-corrected chi connectivity index (χ3v) is 3.83. The Balaban J connectivity index is 2.06. The van der Waals surface area contributed by atoms with E-state index in [0.29, 0.717) is 27.8 Å². The minimum Gasteiger partial charge on any atom is -0.465 e. The summed E-state index contributed by atoms with van der Waals surface area (Å²) in [4.78, 5) is 28.2. The normalized spacial score (nSPS) is 11.0. The quantitative estimate of drug-likeness (QED) is 0.571. The number of hydrogen-bond acceptors (Lipinski definition) is 5. The molecular weight excluding hydrogens is 308 g/mol. The van der Waals surface area contributed by atoms with Gasteiger partial charge in [0.05, 0.1) is 23.6 Å². The zero-order chi connectivity index (χ0) is 16.7. The van der Waals surface area contributed by atoms with Crippen LogP contribution in [0.5, 0.6) is 0 Å². The molecule has 0 aliphatic heterocycles. The molecule has 2 aromatic carbocycles. The summed E-state index contributed by atoms with van der Waals surface area (Å²) in [7, 11) is 1.31. The van der Waals surface area contributed by atoms with E-state index in [2.05, 4.69) is 15.3 Å². The number of carbonyl (C=O) groups is 1. The number of nitrogens with one attached hydrogen (secondary N) is 1. The van der Waals surface area contributed by atoms with Crippen LogP contribution in [-0.2, 0) is 4.74 Å². The van der Waals surface area contributed by atoms with Crippen molar-refractivity contribution in [1.82, 2.24) is 19.8 Å². The number of carbonyl (C=O) groups excluding carboxylic acids is 1. The predicted octanol–water partition coefficient (Wildman–Crippen LogP) is 2.02. The van der Waals surface area contributed by atoms with Gasteiger partial charge in [0.25, 0.3) is 5.56 Å². The van der Waals surface area contributed by atoms with Gasteiger partial charge in [-0.05, 0) is 18.2 Å². The van der Waals surface area contributed by atoms with Crippen molar-refractivity contribution in [2.24, 2.45) is 0 Å². The average Bonchev–Trinajstić information content (AvgIpc) is 3.05. The van der Waals surface area contributed by atoms with E-state index in [0.717, 1.165) is 5.56 Å². The molecular formula is C17H12N4O3. The molecule has 1 N–H and O–H groups in total. The summed E-state index contributed by atoms with van der Waals surface area (Å²) in [5, 5.41) is 7.52. The highest BCUT2D eigenvalue weighted by molar-refractivity contribution is 5.95. The number of H-pyrrole nitrogens is 1. The van der Waals surface area contributed by atoms with Crippen LogP contribution in [-0.4, -0.2) is 32.9 Å². The molecule has 0 fully saturated rings. The van der Waals surface area contributed by atoms with E-state index in [1.165, 1.54) is 13.2 Å². The first-order valence-corrected chi connectivity index (χ1v) is 7.23. The largest absolute Gasteiger partial charge is 0.465 e. The van der Waals surface area contributed by atoms with E-state index in [-0.39, 0.29) is 5.56 Å². The van der Waals surface area contributed by atoms with Crippen molar-refractivity contribution in [3.05, 3.63) is 64.4 Å². The average molecular weight is 320 g/mol. The zero-order valence-electron chi connectivity index (χ0n) is 12.7. The summed E-state index contributed by atoms with van der Waals surface area (Å²) in [6.07, 6.45) is 0. The van der Waals surface area contributed by atoms with Crippen LogP contribution < -0.4 is 5.56 Å². The van der Waals surface area contributed by atoms with Gasteiger partial charge in [-0.15, -0.1) is 0 Å². The molecule has 24 heavy (non-hydrogen) atoms. The smallest absolute Gasteiger partial charge is 0.337 e. The number of benzene rings is 2. The van der Waals surface area contributed by atoms with Gasteiger partial charge in [-0.25, -0.2) is 14.5 Å². The lowest BCUT2D eigenvalue weighted by atomic mass is 10.1. The molecule has 0 unspecified atom stereocenters. The molecule has 0 aliphatic rings. The first-order valence-electron chi connectivity index (χ1n) is 7.23. The SMILES string of the molecule is COC(=O)c1ccc2c(=O)nc3c(-c4ccccc4)n[nH]n3c2c1. The lowest BCUT2D eigenvalue weighted by molar-refractivity contribution is 0.0601. The van der Waals surface area contributed by atoms with E-state index >= 15 is 0 Å². The van der Waals surface area contributed by atoms with Crippen LogP contribution >= 0.6 is 0 Å². The van der Waals surface area contributed by atoms with Crippen LogP contribution in [0.25, 0.3) is 27.8 Å². The van der Waals surface area contributed by atoms with Crippen LogP contribution in [0.4, 0.5) is 0 Å². The second-order valence-electron chi connectivity index (χ2n) is 5.23. The first kappa shape index (κ1) is 14.1. The summed E-state index contributed by atoms with van der Waals surface area (Å²) in [5.74, 6) is -0.474. The standard InChI is InChI=1S/C17H12N4O3/c1-24-17(23)11-7-8-12-13(9-11)21-15(18-16(12)22)14(19-20-21)10-5-3-2-4-6-10/h2-9,20H,1H3. The van der Waals surface area contributed by atoms with Crippen LogP contribution in [0, 0.1) is 0 Å². The van der Waals surface area contributed by atoms with Gasteiger partial charge in [-0.3, -0.25) is 4.79 Å². The molecule has 4 aromatic rings. The topological polar surface area (TPSA) is 89.3 Å². The molecule has 2 heterocycles. The highest BCUT2D eigenvalue weighted by Gasteiger charge is 2.15. The summed E-state index contributed by atoms with van der Waals surface area (Å²) in [5.41, 5.74) is 2.30. The predicted molar refractivity (Wildman–Crippen MR) is 87.9 cm³/mol. The van der Waals surface area contributed by atoms with Gasteiger partial charge < -0.3 is 4.74 Å². The molecule has 0 radical (unpaired) electrons. The number of rotatable bonds is 2.